The molecule has 1 heterocycles. The van der Waals surface area contributed by atoms with E-state index in [1.54, 1.807) is 0 Å². The molecule has 1 aliphatic rings. The Morgan fingerprint density at radius 1 is 0.875 bits per heavy atom. The molecular formula is C21H40N2O. The van der Waals surface area contributed by atoms with Crippen molar-refractivity contribution in [1.82, 2.24) is 4.90 Å². The maximum atomic E-state index is 9.04. The van der Waals surface area contributed by atoms with Crippen LogP contribution < -0.4 is 0 Å². The van der Waals surface area contributed by atoms with Crippen molar-refractivity contribution in [3.05, 3.63) is 12.7 Å². The molecule has 24 heavy (non-hydrogen) atoms. The number of rotatable bonds is 17. The standard InChI is InChI=1S/C21H40N2O/c1-2-3-4-5-6-7-8-9-10-11-12-13-14-15-16-21-22-17-18-23(21)19-20-24/h2,24H,1,3-20H2. The second-order valence-electron chi connectivity index (χ2n) is 7.08. The molecule has 0 fully saturated rings. The summed E-state index contributed by atoms with van der Waals surface area (Å²) in [4.78, 5) is 6.81. The number of allylic oxidation sites excluding steroid dienone is 1. The molecular weight excluding hydrogens is 296 g/mol. The lowest BCUT2D eigenvalue weighted by Gasteiger charge is -2.18. The maximum Gasteiger partial charge on any atom is 0.0991 e. The Balaban J connectivity index is 1.78. The zero-order valence-corrected chi connectivity index (χ0v) is 15.9. The molecule has 1 aliphatic heterocycles. The zero-order valence-electron chi connectivity index (χ0n) is 15.9. The van der Waals surface area contributed by atoms with Gasteiger partial charge in [-0.3, -0.25) is 4.99 Å². The first kappa shape index (κ1) is 21.2. The number of amidine groups is 1. The molecule has 0 atom stereocenters. The number of aliphatic hydroxyl groups is 1. The number of hydrogen-bond acceptors (Lipinski definition) is 3. The van der Waals surface area contributed by atoms with E-state index in [9.17, 15) is 0 Å². The van der Waals surface area contributed by atoms with Crippen molar-refractivity contribution in [1.29, 1.82) is 0 Å². The van der Waals surface area contributed by atoms with E-state index in [4.69, 9.17) is 5.11 Å². The van der Waals surface area contributed by atoms with Gasteiger partial charge >= 0.3 is 0 Å². The summed E-state index contributed by atoms with van der Waals surface area (Å²) in [7, 11) is 0. The molecule has 0 radical (unpaired) electrons. The highest BCUT2D eigenvalue weighted by molar-refractivity contribution is 5.83. The lowest BCUT2D eigenvalue weighted by molar-refractivity contribution is 0.255. The smallest absolute Gasteiger partial charge is 0.0991 e. The van der Waals surface area contributed by atoms with E-state index in [1.165, 1.54) is 89.3 Å². The predicted molar refractivity (Wildman–Crippen MR) is 106 cm³/mol. The molecule has 0 aromatic heterocycles. The van der Waals surface area contributed by atoms with Gasteiger partial charge in [0.2, 0.25) is 0 Å². The fourth-order valence-corrected chi connectivity index (χ4v) is 3.47. The van der Waals surface area contributed by atoms with E-state index in [2.05, 4.69) is 16.5 Å². The van der Waals surface area contributed by atoms with Crippen LogP contribution >= 0.6 is 0 Å². The third-order valence-electron chi connectivity index (χ3n) is 4.96. The summed E-state index contributed by atoms with van der Waals surface area (Å²) in [6.07, 6.45) is 20.9. The summed E-state index contributed by atoms with van der Waals surface area (Å²) >= 11 is 0. The van der Waals surface area contributed by atoms with E-state index in [0.29, 0.717) is 0 Å². The van der Waals surface area contributed by atoms with Gasteiger partial charge in [0.15, 0.2) is 0 Å². The van der Waals surface area contributed by atoms with Crippen LogP contribution in [0.15, 0.2) is 17.6 Å². The fraction of sp³-hybridized carbons (Fsp3) is 0.857. The first-order chi connectivity index (χ1) is 11.9. The van der Waals surface area contributed by atoms with E-state index < -0.39 is 0 Å². The normalized spacial score (nSPS) is 14.2. The molecule has 0 spiro atoms. The van der Waals surface area contributed by atoms with Gasteiger partial charge in [-0.25, -0.2) is 0 Å². The predicted octanol–water partition coefficient (Wildman–Crippen LogP) is 5.34. The minimum atomic E-state index is 0.244. The topological polar surface area (TPSA) is 35.8 Å². The van der Waals surface area contributed by atoms with Crippen molar-refractivity contribution in [3.8, 4) is 0 Å². The van der Waals surface area contributed by atoms with Crippen LogP contribution in [0.25, 0.3) is 0 Å². The number of nitrogens with zero attached hydrogens (tertiary/aromatic N) is 2. The number of hydrogen-bond donors (Lipinski definition) is 1. The van der Waals surface area contributed by atoms with Crippen LogP contribution in [0.5, 0.6) is 0 Å². The summed E-state index contributed by atoms with van der Waals surface area (Å²) in [5.74, 6) is 1.23. The second-order valence-corrected chi connectivity index (χ2v) is 7.08. The molecule has 140 valence electrons. The molecule has 0 aromatic carbocycles. The Morgan fingerprint density at radius 2 is 1.42 bits per heavy atom. The zero-order chi connectivity index (χ0) is 17.3. The third kappa shape index (κ3) is 10.9. The Bertz CT molecular complexity index is 328. The van der Waals surface area contributed by atoms with Gasteiger partial charge in [-0.1, -0.05) is 70.3 Å². The fourth-order valence-electron chi connectivity index (χ4n) is 3.47. The van der Waals surface area contributed by atoms with Crippen LogP contribution in [0.4, 0.5) is 0 Å². The largest absolute Gasteiger partial charge is 0.395 e. The van der Waals surface area contributed by atoms with Crippen LogP contribution in [-0.2, 0) is 0 Å². The Morgan fingerprint density at radius 3 is 1.96 bits per heavy atom. The summed E-state index contributed by atoms with van der Waals surface area (Å²) in [6, 6.07) is 0. The van der Waals surface area contributed by atoms with Crippen molar-refractivity contribution in [3.63, 3.8) is 0 Å². The molecule has 1 N–H and O–H groups in total. The highest BCUT2D eigenvalue weighted by Crippen LogP contribution is 2.14. The van der Waals surface area contributed by atoms with Gasteiger partial charge in [0.25, 0.3) is 0 Å². The van der Waals surface area contributed by atoms with Crippen LogP contribution in [0.2, 0.25) is 0 Å². The molecule has 0 aliphatic carbocycles. The monoisotopic (exact) mass is 336 g/mol. The van der Waals surface area contributed by atoms with Crippen molar-refractivity contribution in [2.45, 2.75) is 89.9 Å². The molecule has 0 bridgehead atoms. The van der Waals surface area contributed by atoms with Gasteiger partial charge in [-0.15, -0.1) is 6.58 Å². The van der Waals surface area contributed by atoms with E-state index in [0.717, 1.165) is 26.1 Å². The number of unbranched alkanes of at least 4 members (excludes halogenated alkanes) is 12. The number of aliphatic imine (C=N–C) groups is 1. The van der Waals surface area contributed by atoms with Crippen LogP contribution in [-0.4, -0.2) is 42.1 Å². The van der Waals surface area contributed by atoms with Gasteiger partial charge in [-0.2, -0.15) is 0 Å². The number of aliphatic hydroxyl groups excluding tert-OH is 1. The van der Waals surface area contributed by atoms with Crippen LogP contribution in [0.3, 0.4) is 0 Å². The van der Waals surface area contributed by atoms with E-state index in [-0.39, 0.29) is 6.61 Å². The Kier molecular flexibility index (Phi) is 13.9. The lowest BCUT2D eigenvalue weighted by atomic mass is 10.0. The minimum absolute atomic E-state index is 0.244. The molecule has 0 aromatic rings. The van der Waals surface area contributed by atoms with Crippen molar-refractivity contribution < 1.29 is 5.11 Å². The van der Waals surface area contributed by atoms with Crippen LogP contribution in [0, 0.1) is 0 Å². The summed E-state index contributed by atoms with van der Waals surface area (Å²) < 4.78 is 0. The Labute approximate surface area is 150 Å². The maximum absolute atomic E-state index is 9.04. The molecule has 0 amide bonds. The molecule has 3 heteroatoms. The van der Waals surface area contributed by atoms with Crippen LogP contribution in [0.1, 0.15) is 89.9 Å². The molecule has 0 unspecified atom stereocenters. The highest BCUT2D eigenvalue weighted by atomic mass is 16.3. The van der Waals surface area contributed by atoms with Crippen molar-refractivity contribution >= 4 is 5.84 Å². The molecule has 0 saturated heterocycles. The lowest BCUT2D eigenvalue weighted by Crippen LogP contribution is -2.30. The quantitative estimate of drug-likeness (QED) is 0.287. The van der Waals surface area contributed by atoms with E-state index >= 15 is 0 Å². The summed E-state index contributed by atoms with van der Waals surface area (Å²) in [6.45, 7) is 6.69. The second kappa shape index (κ2) is 15.7. The number of β-amino-alcohol motifs (C(OH)–C–C–N with tert-alkyl or cyclic N) is 1. The average molecular weight is 337 g/mol. The first-order valence-corrected chi connectivity index (χ1v) is 10.4. The Hall–Kier alpha value is -0.830. The van der Waals surface area contributed by atoms with Crippen molar-refractivity contribution in [2.75, 3.05) is 26.2 Å². The van der Waals surface area contributed by atoms with Gasteiger partial charge in [-0.05, 0) is 19.3 Å². The summed E-state index contributed by atoms with van der Waals surface area (Å²) in [5, 5.41) is 9.04. The highest BCUT2D eigenvalue weighted by Gasteiger charge is 2.14. The van der Waals surface area contributed by atoms with Gasteiger partial charge in [0, 0.05) is 19.5 Å². The molecule has 3 nitrogen and oxygen atoms in total. The molecule has 1 rings (SSSR count). The molecule has 0 saturated carbocycles. The van der Waals surface area contributed by atoms with Gasteiger partial charge in [0.05, 0.1) is 19.0 Å². The first-order valence-electron chi connectivity index (χ1n) is 10.4. The summed E-state index contributed by atoms with van der Waals surface area (Å²) in [5.41, 5.74) is 0. The average Bonchev–Trinajstić information content (AvgIpc) is 3.03. The van der Waals surface area contributed by atoms with Gasteiger partial charge < -0.3 is 10.0 Å². The van der Waals surface area contributed by atoms with E-state index in [1.807, 2.05) is 6.08 Å². The van der Waals surface area contributed by atoms with Gasteiger partial charge in [0.1, 0.15) is 0 Å². The van der Waals surface area contributed by atoms with Crippen molar-refractivity contribution in [2.24, 2.45) is 4.99 Å². The third-order valence-corrected chi connectivity index (χ3v) is 4.96. The SMILES string of the molecule is C=CCCCCCCCCCCCCCCC1=NCCN1CCO. The minimum Gasteiger partial charge on any atom is -0.395 e.